The highest BCUT2D eigenvalue weighted by Crippen LogP contribution is 2.21. The molecule has 1 atom stereocenters. The molecule has 2 aliphatic heterocycles. The number of carbonyl (C=O) groups is 2. The van der Waals surface area contributed by atoms with Crippen molar-refractivity contribution in [1.82, 2.24) is 4.90 Å². The van der Waals surface area contributed by atoms with Gasteiger partial charge in [-0.2, -0.15) is 0 Å². The van der Waals surface area contributed by atoms with Gasteiger partial charge in [0.2, 0.25) is 0 Å². The second kappa shape index (κ2) is 11.7. The molecule has 0 bridgehead atoms. The zero-order chi connectivity index (χ0) is 22.9. The van der Waals surface area contributed by atoms with Crippen LogP contribution in [-0.4, -0.2) is 48.8 Å². The quantitative estimate of drug-likeness (QED) is 0.395. The Bertz CT molecular complexity index is 911. The van der Waals surface area contributed by atoms with E-state index in [1.807, 2.05) is 49.1 Å². The zero-order valence-corrected chi connectivity index (χ0v) is 19.4. The first-order chi connectivity index (χ1) is 15.4. The molecule has 1 aromatic rings. The standard InChI is InChI=1S/C26H34N2O4/c1-19-9-7-11-23(27-32-18-24(29)28-12-5-4-6-13-28)17-22-16-20(2)15-21(3)25(22)26(30)31-14-8-10-19/h7-8,10-11,15-16,19H,4-6,9,12-14,17-18H2,1-3H3/b10-8+,11-7+,27-23-. The minimum Gasteiger partial charge on any atom is -0.458 e. The Morgan fingerprint density at radius 1 is 1.19 bits per heavy atom. The van der Waals surface area contributed by atoms with E-state index in [4.69, 9.17) is 9.57 Å². The maximum absolute atomic E-state index is 12.8. The topological polar surface area (TPSA) is 68.2 Å². The van der Waals surface area contributed by atoms with Crippen LogP contribution in [0.5, 0.6) is 0 Å². The largest absolute Gasteiger partial charge is 0.458 e. The van der Waals surface area contributed by atoms with E-state index in [1.54, 1.807) is 0 Å². The molecular formula is C26H34N2O4. The van der Waals surface area contributed by atoms with Crippen molar-refractivity contribution in [2.24, 2.45) is 11.1 Å². The lowest BCUT2D eigenvalue weighted by Crippen LogP contribution is -2.37. The Kier molecular flexibility index (Phi) is 8.65. The number of allylic oxidation sites excluding steroid dienone is 3. The Morgan fingerprint density at radius 3 is 2.75 bits per heavy atom. The van der Waals surface area contributed by atoms with E-state index in [-0.39, 0.29) is 25.1 Å². The molecule has 32 heavy (non-hydrogen) atoms. The number of hydrogen-bond donors (Lipinski definition) is 0. The fraction of sp³-hybridized carbons (Fsp3) is 0.500. The third-order valence-corrected chi connectivity index (χ3v) is 5.81. The predicted molar refractivity (Wildman–Crippen MR) is 126 cm³/mol. The smallest absolute Gasteiger partial charge is 0.339 e. The number of oxime groups is 1. The Hall–Kier alpha value is -2.89. The maximum Gasteiger partial charge on any atom is 0.339 e. The van der Waals surface area contributed by atoms with Crippen molar-refractivity contribution in [3.8, 4) is 0 Å². The Labute approximate surface area is 190 Å². The number of benzene rings is 1. The van der Waals surface area contributed by atoms with Crippen LogP contribution in [-0.2, 0) is 20.8 Å². The number of aryl methyl sites for hydroxylation is 2. The summed E-state index contributed by atoms with van der Waals surface area (Å²) in [6.45, 7) is 7.79. The van der Waals surface area contributed by atoms with Gasteiger partial charge in [-0.15, -0.1) is 0 Å². The minimum atomic E-state index is -0.335. The molecule has 1 saturated heterocycles. The van der Waals surface area contributed by atoms with Crippen LogP contribution in [0.15, 0.2) is 41.6 Å². The van der Waals surface area contributed by atoms with Gasteiger partial charge in [-0.3, -0.25) is 4.79 Å². The molecule has 0 radical (unpaired) electrons. The number of cyclic esters (lactones) is 1. The third-order valence-electron chi connectivity index (χ3n) is 5.81. The summed E-state index contributed by atoms with van der Waals surface area (Å²) < 4.78 is 5.50. The molecule has 0 aromatic heterocycles. The van der Waals surface area contributed by atoms with Gasteiger partial charge in [0, 0.05) is 19.5 Å². The van der Waals surface area contributed by atoms with Gasteiger partial charge in [-0.1, -0.05) is 48.0 Å². The van der Waals surface area contributed by atoms with Gasteiger partial charge in [0.1, 0.15) is 6.61 Å². The van der Waals surface area contributed by atoms with Crippen molar-refractivity contribution < 1.29 is 19.2 Å². The van der Waals surface area contributed by atoms with Gasteiger partial charge >= 0.3 is 5.97 Å². The first-order valence-corrected chi connectivity index (χ1v) is 11.5. The lowest BCUT2D eigenvalue weighted by atomic mass is 9.95. The van der Waals surface area contributed by atoms with Crippen LogP contribution in [0.25, 0.3) is 0 Å². The van der Waals surface area contributed by atoms with E-state index in [9.17, 15) is 9.59 Å². The number of hydrogen-bond acceptors (Lipinski definition) is 5. The molecule has 1 amide bonds. The normalized spacial score (nSPS) is 23.2. The van der Waals surface area contributed by atoms with E-state index in [0.717, 1.165) is 49.0 Å². The molecule has 0 saturated carbocycles. The molecule has 6 heteroatoms. The molecule has 0 N–H and O–H groups in total. The number of ether oxygens (including phenoxy) is 1. The van der Waals surface area contributed by atoms with Gasteiger partial charge in [0.25, 0.3) is 5.91 Å². The highest BCUT2D eigenvalue weighted by molar-refractivity contribution is 6.00. The molecule has 3 rings (SSSR count). The molecule has 2 heterocycles. The fourth-order valence-electron chi connectivity index (χ4n) is 4.19. The van der Waals surface area contributed by atoms with Crippen molar-refractivity contribution in [1.29, 1.82) is 0 Å². The zero-order valence-electron chi connectivity index (χ0n) is 19.4. The molecule has 172 valence electrons. The van der Waals surface area contributed by atoms with Gasteiger partial charge in [0.05, 0.1) is 11.3 Å². The van der Waals surface area contributed by atoms with Crippen LogP contribution in [0, 0.1) is 19.8 Å². The van der Waals surface area contributed by atoms with E-state index in [0.29, 0.717) is 23.6 Å². The minimum absolute atomic E-state index is 0.0305. The SMILES string of the molecule is Cc1cc(C)c2c(c1)CC(=N\OCC(=O)N1CCCCC1)/C=C/CC(C)/C=C/COC2=O. The van der Waals surface area contributed by atoms with Crippen molar-refractivity contribution in [2.75, 3.05) is 26.3 Å². The summed E-state index contributed by atoms with van der Waals surface area (Å²) >= 11 is 0. The summed E-state index contributed by atoms with van der Waals surface area (Å²) in [4.78, 5) is 32.5. The maximum atomic E-state index is 12.8. The molecule has 1 fully saturated rings. The average Bonchev–Trinajstić information content (AvgIpc) is 2.77. The number of fused-ring (bicyclic) bond motifs is 1. The van der Waals surface area contributed by atoms with Crippen molar-refractivity contribution >= 4 is 17.6 Å². The van der Waals surface area contributed by atoms with Crippen molar-refractivity contribution in [3.05, 3.63) is 58.7 Å². The van der Waals surface area contributed by atoms with E-state index in [1.165, 1.54) is 6.42 Å². The summed E-state index contributed by atoms with van der Waals surface area (Å²) in [5.41, 5.74) is 4.03. The first-order valence-electron chi connectivity index (χ1n) is 11.5. The lowest BCUT2D eigenvalue weighted by molar-refractivity contribution is -0.137. The van der Waals surface area contributed by atoms with Crippen LogP contribution in [0.3, 0.4) is 0 Å². The predicted octanol–water partition coefficient (Wildman–Crippen LogP) is 4.54. The first kappa shape index (κ1) is 23.8. The Balaban J connectivity index is 1.83. The summed E-state index contributed by atoms with van der Waals surface area (Å²) in [5.74, 6) is -0.0596. The highest BCUT2D eigenvalue weighted by atomic mass is 16.6. The summed E-state index contributed by atoms with van der Waals surface area (Å²) in [6.07, 6.45) is 12.4. The van der Waals surface area contributed by atoms with Gasteiger partial charge in [0.15, 0.2) is 6.61 Å². The van der Waals surface area contributed by atoms with Crippen LogP contribution in [0.1, 0.15) is 59.7 Å². The highest BCUT2D eigenvalue weighted by Gasteiger charge is 2.19. The van der Waals surface area contributed by atoms with Crippen LogP contribution < -0.4 is 0 Å². The molecular weight excluding hydrogens is 404 g/mol. The fourth-order valence-corrected chi connectivity index (χ4v) is 4.19. The summed E-state index contributed by atoms with van der Waals surface area (Å²) in [6, 6.07) is 3.97. The van der Waals surface area contributed by atoms with Gasteiger partial charge in [-0.25, -0.2) is 4.79 Å². The summed E-state index contributed by atoms with van der Waals surface area (Å²) in [5, 5.41) is 4.29. The molecule has 2 aliphatic rings. The number of carbonyl (C=O) groups excluding carboxylic acids is 2. The third kappa shape index (κ3) is 6.81. The summed E-state index contributed by atoms with van der Waals surface area (Å²) in [7, 11) is 0. The molecule has 0 spiro atoms. The van der Waals surface area contributed by atoms with E-state index >= 15 is 0 Å². The molecule has 0 aliphatic carbocycles. The van der Waals surface area contributed by atoms with Crippen LogP contribution in [0.2, 0.25) is 0 Å². The molecule has 1 aromatic carbocycles. The van der Waals surface area contributed by atoms with E-state index in [2.05, 4.69) is 18.2 Å². The molecule has 6 nitrogen and oxygen atoms in total. The lowest BCUT2D eigenvalue weighted by Gasteiger charge is -2.26. The number of likely N-dealkylation sites (tertiary alicyclic amines) is 1. The number of rotatable bonds is 3. The molecule has 1 unspecified atom stereocenters. The van der Waals surface area contributed by atoms with Crippen molar-refractivity contribution in [2.45, 2.75) is 52.9 Å². The van der Waals surface area contributed by atoms with Crippen LogP contribution in [0.4, 0.5) is 0 Å². The average molecular weight is 439 g/mol. The van der Waals surface area contributed by atoms with Gasteiger partial charge < -0.3 is 14.5 Å². The second-order valence-electron chi connectivity index (χ2n) is 8.73. The number of esters is 1. The number of amides is 1. The second-order valence-corrected chi connectivity index (χ2v) is 8.73. The monoisotopic (exact) mass is 438 g/mol. The number of piperidine rings is 1. The number of nitrogens with zero attached hydrogens (tertiary/aromatic N) is 2. The van der Waals surface area contributed by atoms with Crippen molar-refractivity contribution in [3.63, 3.8) is 0 Å². The van der Waals surface area contributed by atoms with Gasteiger partial charge in [-0.05, 0) is 62.7 Å². The van der Waals surface area contributed by atoms with E-state index < -0.39 is 0 Å². The Morgan fingerprint density at radius 2 is 1.97 bits per heavy atom. The van der Waals surface area contributed by atoms with Crippen LogP contribution >= 0.6 is 0 Å².